The summed E-state index contributed by atoms with van der Waals surface area (Å²) in [6.07, 6.45) is 3.40. The number of pyridine rings is 2. The number of amides is 1. The van der Waals surface area contributed by atoms with E-state index in [2.05, 4.69) is 10.3 Å². The molecule has 9 nitrogen and oxygen atoms in total. The zero-order chi connectivity index (χ0) is 28.3. The first-order chi connectivity index (χ1) is 19.5. The van der Waals surface area contributed by atoms with E-state index < -0.39 is 6.09 Å². The summed E-state index contributed by atoms with van der Waals surface area (Å²) < 4.78 is 18.0. The minimum Gasteiger partial charge on any atom is -0.493 e. The van der Waals surface area contributed by atoms with E-state index in [0.717, 1.165) is 12.8 Å². The molecule has 1 N–H and O–H groups in total. The van der Waals surface area contributed by atoms with Gasteiger partial charge in [0.15, 0.2) is 0 Å². The van der Waals surface area contributed by atoms with Gasteiger partial charge in [-0.15, -0.1) is 0 Å². The van der Waals surface area contributed by atoms with Gasteiger partial charge in [-0.05, 0) is 48.4 Å². The Bertz CT molecular complexity index is 1520. The van der Waals surface area contributed by atoms with Gasteiger partial charge >= 0.3 is 12.1 Å². The van der Waals surface area contributed by atoms with Gasteiger partial charge in [-0.1, -0.05) is 50.6 Å². The van der Waals surface area contributed by atoms with Crippen LogP contribution < -0.4 is 20.3 Å². The first-order valence-electron chi connectivity index (χ1n) is 13.5. The second kappa shape index (κ2) is 13.9. The number of para-hydroxylation sites is 1. The van der Waals surface area contributed by atoms with Crippen LogP contribution in [0.4, 0.5) is 10.5 Å². The molecule has 9 heteroatoms. The molecule has 4 rings (SSSR count). The van der Waals surface area contributed by atoms with Gasteiger partial charge in [-0.25, -0.2) is 9.78 Å². The van der Waals surface area contributed by atoms with E-state index >= 15 is 0 Å². The quantitative estimate of drug-likeness (QED) is 0.167. The number of ether oxygens (including phenoxy) is 3. The summed E-state index contributed by atoms with van der Waals surface area (Å²) in [5, 5.41) is 3.42. The molecule has 2 aromatic carbocycles. The van der Waals surface area contributed by atoms with Gasteiger partial charge in [0.25, 0.3) is 5.56 Å². The summed E-state index contributed by atoms with van der Waals surface area (Å²) in [4.78, 5) is 42.7. The smallest absolute Gasteiger partial charge is 0.417 e. The molecule has 0 spiro atoms. The Labute approximate surface area is 232 Å². The van der Waals surface area contributed by atoms with Crippen LogP contribution in [0, 0.1) is 0 Å². The summed E-state index contributed by atoms with van der Waals surface area (Å²) in [5.41, 5.74) is 1.45. The van der Waals surface area contributed by atoms with Gasteiger partial charge in [0.1, 0.15) is 22.8 Å². The molecule has 0 unspecified atom stereocenters. The van der Waals surface area contributed by atoms with E-state index in [1.54, 1.807) is 54.1 Å². The number of anilines is 1. The number of hydrogen-bond acceptors (Lipinski definition) is 7. The van der Waals surface area contributed by atoms with Gasteiger partial charge in [0, 0.05) is 36.5 Å². The molecule has 0 saturated carbocycles. The van der Waals surface area contributed by atoms with Crippen molar-refractivity contribution >= 4 is 28.8 Å². The maximum absolute atomic E-state index is 13.9. The molecule has 4 aromatic rings. The van der Waals surface area contributed by atoms with Crippen LogP contribution in [-0.2, 0) is 16.1 Å². The molecule has 0 radical (unpaired) electrons. The summed E-state index contributed by atoms with van der Waals surface area (Å²) in [6.45, 7) is 4.87. The minimum absolute atomic E-state index is 0.0983. The van der Waals surface area contributed by atoms with Gasteiger partial charge in [-0.2, -0.15) is 0 Å². The van der Waals surface area contributed by atoms with Crippen LogP contribution in [0.15, 0.2) is 77.7 Å². The first-order valence-corrected chi connectivity index (χ1v) is 13.5. The predicted molar refractivity (Wildman–Crippen MR) is 154 cm³/mol. The Kier molecular flexibility index (Phi) is 9.88. The van der Waals surface area contributed by atoms with Crippen LogP contribution in [0.1, 0.15) is 39.5 Å². The van der Waals surface area contributed by atoms with Crippen LogP contribution in [0.5, 0.6) is 11.5 Å². The molecule has 0 aliphatic carbocycles. The summed E-state index contributed by atoms with van der Waals surface area (Å²) in [6, 6.07) is 19.6. The lowest BCUT2D eigenvalue weighted by atomic mass is 10.00. The fourth-order valence-corrected chi connectivity index (χ4v) is 4.22. The number of esters is 1. The molecule has 208 valence electrons. The lowest BCUT2D eigenvalue weighted by Crippen LogP contribution is -2.29. The molecule has 40 heavy (non-hydrogen) atoms. The standard InChI is InChI=1S/C31H33N3O6/c1-3-5-18-34-29-25(16-10-17-32-29)27(28(30(34)36)33-31(37)40-23-13-7-6-8-14-23)22-12-9-15-24(21-22)38-19-11-20-39-26(35)4-2/h6-10,12-17,21H,3-5,11,18-20H2,1-2H3,(H,33,37). The van der Waals surface area contributed by atoms with Gasteiger partial charge < -0.3 is 14.2 Å². The highest BCUT2D eigenvalue weighted by atomic mass is 16.6. The summed E-state index contributed by atoms with van der Waals surface area (Å²) in [7, 11) is 0. The average molecular weight is 544 g/mol. The van der Waals surface area contributed by atoms with E-state index in [9.17, 15) is 14.4 Å². The molecule has 0 bridgehead atoms. The van der Waals surface area contributed by atoms with Gasteiger partial charge in [0.2, 0.25) is 0 Å². The highest BCUT2D eigenvalue weighted by Crippen LogP contribution is 2.35. The number of unbranched alkanes of at least 4 members (excludes halogenated alkanes) is 1. The van der Waals surface area contributed by atoms with Crippen molar-refractivity contribution in [3.8, 4) is 22.6 Å². The third-order valence-electron chi connectivity index (χ3n) is 6.17. The Balaban J connectivity index is 1.71. The van der Waals surface area contributed by atoms with Gasteiger partial charge in [0.05, 0.1) is 13.2 Å². The fourth-order valence-electron chi connectivity index (χ4n) is 4.22. The Morgan fingerprint density at radius 3 is 2.50 bits per heavy atom. The third-order valence-corrected chi connectivity index (χ3v) is 6.17. The van der Waals surface area contributed by atoms with E-state index in [1.165, 1.54) is 0 Å². The largest absolute Gasteiger partial charge is 0.493 e. The molecule has 0 atom stereocenters. The average Bonchev–Trinajstić information content (AvgIpc) is 2.97. The zero-order valence-corrected chi connectivity index (χ0v) is 22.7. The molecule has 0 aliphatic heterocycles. The van der Waals surface area contributed by atoms with E-state index in [1.807, 2.05) is 37.3 Å². The van der Waals surface area contributed by atoms with E-state index in [4.69, 9.17) is 14.2 Å². The normalized spacial score (nSPS) is 10.8. The number of aromatic nitrogens is 2. The van der Waals surface area contributed by atoms with Gasteiger partial charge in [-0.3, -0.25) is 19.5 Å². The second-order valence-electron chi connectivity index (χ2n) is 9.07. The Hall–Kier alpha value is -4.66. The lowest BCUT2D eigenvalue weighted by Gasteiger charge is -2.18. The third kappa shape index (κ3) is 7.05. The number of carbonyl (C=O) groups is 2. The molecule has 2 aromatic heterocycles. The van der Waals surface area contributed by atoms with Crippen molar-refractivity contribution in [3.63, 3.8) is 0 Å². The number of rotatable bonds is 12. The predicted octanol–water partition coefficient (Wildman–Crippen LogP) is 6.20. The maximum atomic E-state index is 13.9. The lowest BCUT2D eigenvalue weighted by molar-refractivity contribution is -0.143. The van der Waals surface area contributed by atoms with Crippen molar-refractivity contribution in [1.82, 2.24) is 9.55 Å². The second-order valence-corrected chi connectivity index (χ2v) is 9.07. The highest BCUT2D eigenvalue weighted by Gasteiger charge is 2.22. The molecular formula is C31H33N3O6. The number of benzene rings is 2. The number of nitrogens with zero attached hydrogens (tertiary/aromatic N) is 2. The van der Waals surface area contributed by atoms with Crippen LogP contribution >= 0.6 is 0 Å². The molecule has 0 saturated heterocycles. The van der Waals surface area contributed by atoms with Crippen LogP contribution in [0.3, 0.4) is 0 Å². The number of fused-ring (bicyclic) bond motifs is 1. The minimum atomic E-state index is -0.774. The van der Waals surface area contributed by atoms with Crippen LogP contribution in [0.2, 0.25) is 0 Å². The highest BCUT2D eigenvalue weighted by molar-refractivity contribution is 6.03. The first kappa shape index (κ1) is 28.4. The Morgan fingerprint density at radius 1 is 0.925 bits per heavy atom. The van der Waals surface area contributed by atoms with Crippen molar-refractivity contribution in [2.45, 2.75) is 46.1 Å². The van der Waals surface area contributed by atoms with E-state index in [-0.39, 0.29) is 23.8 Å². The van der Waals surface area contributed by atoms with Crippen LogP contribution in [-0.4, -0.2) is 34.8 Å². The molecule has 1 amide bonds. The van der Waals surface area contributed by atoms with Crippen molar-refractivity contribution in [1.29, 1.82) is 0 Å². The molecule has 0 fully saturated rings. The van der Waals surface area contributed by atoms with Crippen molar-refractivity contribution in [2.75, 3.05) is 18.5 Å². The summed E-state index contributed by atoms with van der Waals surface area (Å²) in [5.74, 6) is 0.682. The molecule has 2 heterocycles. The number of nitrogens with one attached hydrogen (secondary N) is 1. The zero-order valence-electron chi connectivity index (χ0n) is 22.7. The number of carbonyl (C=O) groups excluding carboxylic acids is 2. The number of aryl methyl sites for hydroxylation is 1. The van der Waals surface area contributed by atoms with Crippen LogP contribution in [0.25, 0.3) is 22.2 Å². The van der Waals surface area contributed by atoms with Crippen molar-refractivity contribution < 1.29 is 23.8 Å². The summed E-state index contributed by atoms with van der Waals surface area (Å²) >= 11 is 0. The van der Waals surface area contributed by atoms with E-state index in [0.29, 0.717) is 59.7 Å². The number of hydrogen-bond donors (Lipinski definition) is 1. The Morgan fingerprint density at radius 2 is 1.73 bits per heavy atom. The van der Waals surface area contributed by atoms with Crippen molar-refractivity contribution in [2.24, 2.45) is 0 Å². The molecular weight excluding hydrogens is 510 g/mol. The maximum Gasteiger partial charge on any atom is 0.417 e. The topological polar surface area (TPSA) is 109 Å². The fraction of sp³-hybridized carbons (Fsp3) is 0.290. The SMILES string of the molecule is CCCCn1c(=O)c(NC(=O)Oc2ccccc2)c(-c2cccc(OCCCOC(=O)CC)c2)c2cccnc21. The monoisotopic (exact) mass is 543 g/mol. The van der Waals surface area contributed by atoms with Crippen molar-refractivity contribution in [3.05, 3.63) is 83.3 Å². The molecule has 0 aliphatic rings.